The molecule has 0 spiro atoms. The van der Waals surface area contributed by atoms with Crippen molar-refractivity contribution in [3.8, 4) is 0 Å². The predicted molar refractivity (Wildman–Crippen MR) is 89.6 cm³/mol. The molecular weight excluding hydrogens is 396 g/mol. The zero-order chi connectivity index (χ0) is 13.3. The van der Waals surface area contributed by atoms with Crippen LogP contribution in [-0.2, 0) is 0 Å². The molecule has 18 heavy (non-hydrogen) atoms. The number of hydrogen-bond acceptors (Lipinski definition) is 4. The van der Waals surface area contributed by atoms with Crippen molar-refractivity contribution in [2.45, 2.75) is 24.6 Å². The average molecular weight is 414 g/mol. The first kappa shape index (κ1) is 15.3. The summed E-state index contributed by atoms with van der Waals surface area (Å²) in [6.45, 7) is 7.55. The molecule has 6 heteroatoms. The van der Waals surface area contributed by atoms with Crippen molar-refractivity contribution < 1.29 is 0 Å². The van der Waals surface area contributed by atoms with E-state index in [0.29, 0.717) is 17.3 Å². The van der Waals surface area contributed by atoms with E-state index in [2.05, 4.69) is 68.4 Å². The molecule has 1 atom stereocenters. The van der Waals surface area contributed by atoms with Crippen molar-refractivity contribution >= 4 is 55.0 Å². The minimum atomic E-state index is 0.331. The van der Waals surface area contributed by atoms with E-state index in [9.17, 15) is 0 Å². The summed E-state index contributed by atoms with van der Waals surface area (Å²) in [5, 5.41) is 0. The Bertz CT molecular complexity index is 401. The molecule has 1 aromatic heterocycles. The highest BCUT2D eigenvalue weighted by Gasteiger charge is 2.32. The lowest BCUT2D eigenvalue weighted by Gasteiger charge is -2.41. The Labute approximate surface area is 134 Å². The van der Waals surface area contributed by atoms with Gasteiger partial charge in [-0.25, -0.2) is 0 Å². The SMILES string of the molecule is CC1(C)CN(C(CN)c2cc(Br)c(Br)s2)CCS1. The molecule has 1 saturated heterocycles. The van der Waals surface area contributed by atoms with Crippen LogP contribution in [0.3, 0.4) is 0 Å². The number of thiophene rings is 1. The highest BCUT2D eigenvalue weighted by atomic mass is 79.9. The third kappa shape index (κ3) is 3.52. The summed E-state index contributed by atoms with van der Waals surface area (Å²) in [5.41, 5.74) is 6.01. The van der Waals surface area contributed by atoms with Gasteiger partial charge in [-0.05, 0) is 51.8 Å². The lowest BCUT2D eigenvalue weighted by molar-refractivity contribution is 0.195. The summed E-state index contributed by atoms with van der Waals surface area (Å²) >= 11 is 11.0. The van der Waals surface area contributed by atoms with Gasteiger partial charge in [0.25, 0.3) is 0 Å². The maximum Gasteiger partial charge on any atom is 0.0843 e. The van der Waals surface area contributed by atoms with Crippen molar-refractivity contribution in [1.82, 2.24) is 4.90 Å². The van der Waals surface area contributed by atoms with Crippen LogP contribution in [0.25, 0.3) is 0 Å². The highest BCUT2D eigenvalue weighted by molar-refractivity contribution is 9.13. The fourth-order valence-electron chi connectivity index (χ4n) is 2.29. The van der Waals surface area contributed by atoms with E-state index in [4.69, 9.17) is 5.73 Å². The summed E-state index contributed by atoms with van der Waals surface area (Å²) < 4.78 is 2.62. The fourth-order valence-corrected chi connectivity index (χ4v) is 5.66. The lowest BCUT2D eigenvalue weighted by Crippen LogP contribution is -2.46. The second-order valence-electron chi connectivity index (χ2n) is 5.10. The zero-order valence-electron chi connectivity index (χ0n) is 10.6. The zero-order valence-corrected chi connectivity index (χ0v) is 15.4. The molecule has 0 aliphatic carbocycles. The van der Waals surface area contributed by atoms with Crippen LogP contribution in [0, 0.1) is 0 Å². The molecule has 1 aromatic rings. The van der Waals surface area contributed by atoms with Crippen LogP contribution < -0.4 is 5.73 Å². The molecular formula is C12H18Br2N2S2. The van der Waals surface area contributed by atoms with Gasteiger partial charge >= 0.3 is 0 Å². The summed E-state index contributed by atoms with van der Waals surface area (Å²) in [4.78, 5) is 3.88. The molecule has 1 fully saturated rings. The second-order valence-corrected chi connectivity index (χ2v) is 10.2. The van der Waals surface area contributed by atoms with Gasteiger partial charge < -0.3 is 5.73 Å². The monoisotopic (exact) mass is 412 g/mol. The van der Waals surface area contributed by atoms with Crippen molar-refractivity contribution in [1.29, 1.82) is 0 Å². The first-order valence-electron chi connectivity index (χ1n) is 5.96. The molecule has 0 saturated carbocycles. The van der Waals surface area contributed by atoms with Crippen LogP contribution in [-0.4, -0.2) is 35.0 Å². The number of hydrogen-bond donors (Lipinski definition) is 1. The molecule has 1 unspecified atom stereocenters. The summed E-state index contributed by atoms with van der Waals surface area (Å²) in [5.74, 6) is 1.19. The fraction of sp³-hybridized carbons (Fsp3) is 0.667. The summed E-state index contributed by atoms with van der Waals surface area (Å²) in [6.07, 6.45) is 0. The van der Waals surface area contributed by atoms with E-state index < -0.39 is 0 Å². The van der Waals surface area contributed by atoms with Crippen LogP contribution in [0.15, 0.2) is 14.3 Å². The van der Waals surface area contributed by atoms with Crippen LogP contribution in [0.1, 0.15) is 24.8 Å². The van der Waals surface area contributed by atoms with Gasteiger partial charge in [0.05, 0.1) is 9.83 Å². The van der Waals surface area contributed by atoms with E-state index in [1.54, 1.807) is 11.3 Å². The second kappa shape index (κ2) is 6.14. The van der Waals surface area contributed by atoms with E-state index >= 15 is 0 Å². The molecule has 102 valence electrons. The van der Waals surface area contributed by atoms with Gasteiger partial charge in [0.15, 0.2) is 0 Å². The first-order chi connectivity index (χ1) is 8.43. The van der Waals surface area contributed by atoms with Crippen molar-refractivity contribution in [3.63, 3.8) is 0 Å². The molecule has 2 nitrogen and oxygen atoms in total. The molecule has 0 amide bonds. The number of rotatable bonds is 3. The van der Waals surface area contributed by atoms with E-state index in [-0.39, 0.29) is 0 Å². The van der Waals surface area contributed by atoms with E-state index in [1.165, 1.54) is 10.6 Å². The van der Waals surface area contributed by atoms with E-state index in [0.717, 1.165) is 21.3 Å². The van der Waals surface area contributed by atoms with Gasteiger partial charge in [0.1, 0.15) is 0 Å². The molecule has 2 N–H and O–H groups in total. The van der Waals surface area contributed by atoms with Crippen molar-refractivity contribution in [2.75, 3.05) is 25.4 Å². The molecule has 2 heterocycles. The van der Waals surface area contributed by atoms with E-state index in [1.807, 2.05) is 0 Å². The molecule has 2 rings (SSSR count). The first-order valence-corrected chi connectivity index (χ1v) is 9.34. The quantitative estimate of drug-likeness (QED) is 0.808. The maximum atomic E-state index is 6.01. The normalized spacial score (nSPS) is 22.1. The Morgan fingerprint density at radius 1 is 1.50 bits per heavy atom. The standard InChI is InChI=1S/C12H18Br2N2S2/c1-12(2)7-16(3-4-17-12)9(6-15)10-5-8(13)11(14)18-10/h5,9H,3-4,6-7,15H2,1-2H3. The third-order valence-electron chi connectivity index (χ3n) is 3.11. The topological polar surface area (TPSA) is 29.3 Å². The highest BCUT2D eigenvalue weighted by Crippen LogP contribution is 2.39. The number of nitrogens with two attached hydrogens (primary N) is 1. The molecule has 1 aliphatic heterocycles. The molecule has 1 aliphatic rings. The maximum absolute atomic E-state index is 6.01. The lowest BCUT2D eigenvalue weighted by atomic mass is 10.1. The van der Waals surface area contributed by atoms with Gasteiger partial charge in [-0.15, -0.1) is 11.3 Å². The molecule has 0 aromatic carbocycles. The smallest absolute Gasteiger partial charge is 0.0843 e. The van der Waals surface area contributed by atoms with Crippen LogP contribution in [0.2, 0.25) is 0 Å². The summed E-state index contributed by atoms with van der Waals surface area (Å²) in [7, 11) is 0. The van der Waals surface area contributed by atoms with Crippen LogP contribution >= 0.6 is 55.0 Å². The molecule has 0 bridgehead atoms. The number of thioether (sulfide) groups is 1. The Hall–Kier alpha value is 0.930. The average Bonchev–Trinajstić information content (AvgIpc) is 2.58. The Morgan fingerprint density at radius 2 is 2.22 bits per heavy atom. The number of nitrogens with zero attached hydrogens (tertiary/aromatic N) is 1. The van der Waals surface area contributed by atoms with Gasteiger partial charge in [-0.3, -0.25) is 4.90 Å². The van der Waals surface area contributed by atoms with Crippen molar-refractivity contribution in [2.24, 2.45) is 5.73 Å². The van der Waals surface area contributed by atoms with Crippen LogP contribution in [0.4, 0.5) is 0 Å². The molecule has 0 radical (unpaired) electrons. The minimum Gasteiger partial charge on any atom is -0.329 e. The largest absolute Gasteiger partial charge is 0.329 e. The van der Waals surface area contributed by atoms with Gasteiger partial charge in [0, 0.05) is 39.5 Å². The van der Waals surface area contributed by atoms with Gasteiger partial charge in [-0.1, -0.05) is 0 Å². The summed E-state index contributed by atoms with van der Waals surface area (Å²) in [6, 6.07) is 2.54. The number of halogens is 2. The third-order valence-corrected chi connectivity index (χ3v) is 7.77. The Balaban J connectivity index is 2.18. The minimum absolute atomic E-state index is 0.331. The van der Waals surface area contributed by atoms with Gasteiger partial charge in [0.2, 0.25) is 0 Å². The van der Waals surface area contributed by atoms with Crippen molar-refractivity contribution in [3.05, 3.63) is 19.2 Å². The predicted octanol–water partition coefficient (Wildman–Crippen LogP) is 4.10. The Morgan fingerprint density at radius 3 is 2.72 bits per heavy atom. The van der Waals surface area contributed by atoms with Gasteiger partial charge in [-0.2, -0.15) is 11.8 Å². The Kier molecular flexibility index (Phi) is 5.23. The van der Waals surface area contributed by atoms with Crippen LogP contribution in [0.5, 0.6) is 0 Å².